The average Bonchev–Trinajstić information content (AvgIpc) is 3.15. The highest BCUT2D eigenvalue weighted by atomic mass is 32.1. The van der Waals surface area contributed by atoms with Gasteiger partial charge in [-0.3, -0.25) is 9.20 Å². The number of rotatable bonds is 6. The fourth-order valence-corrected chi connectivity index (χ4v) is 4.05. The van der Waals surface area contributed by atoms with Gasteiger partial charge in [0.15, 0.2) is 4.96 Å². The van der Waals surface area contributed by atoms with Crippen molar-refractivity contribution in [1.29, 1.82) is 0 Å². The van der Waals surface area contributed by atoms with Crippen LogP contribution in [0.5, 0.6) is 11.5 Å². The maximum atomic E-state index is 12.5. The Hall–Kier alpha value is -3.65. The molecule has 0 aliphatic heterocycles. The first kappa shape index (κ1) is 19.7. The molecule has 0 amide bonds. The lowest BCUT2D eigenvalue weighted by Crippen LogP contribution is -2.15. The molecule has 0 aliphatic carbocycles. The first-order valence-corrected chi connectivity index (χ1v) is 9.88. The molecule has 0 radical (unpaired) electrons. The third-order valence-corrected chi connectivity index (χ3v) is 5.47. The Bertz CT molecular complexity index is 1320. The van der Waals surface area contributed by atoms with Crippen molar-refractivity contribution in [3.05, 3.63) is 76.2 Å². The van der Waals surface area contributed by atoms with Crippen LogP contribution in [0.1, 0.15) is 11.3 Å². The van der Waals surface area contributed by atoms with Crippen molar-refractivity contribution in [2.24, 2.45) is 0 Å². The fourth-order valence-electron chi connectivity index (χ4n) is 3.00. The first-order valence-electron chi connectivity index (χ1n) is 9.06. The molecule has 0 saturated carbocycles. The lowest BCUT2D eigenvalue weighted by molar-refractivity contribution is -0.139. The SMILES string of the molecule is COc1ccc(/C=C/C(=O)OCc2cc(=O)n3c(n2)sc2ccccc23)c(OC)c1. The minimum absolute atomic E-state index is 0.0943. The number of benzene rings is 2. The number of para-hydroxylation sites is 1. The summed E-state index contributed by atoms with van der Waals surface area (Å²) in [6.07, 6.45) is 2.90. The Morgan fingerprint density at radius 2 is 1.97 bits per heavy atom. The molecule has 152 valence electrons. The molecule has 0 bridgehead atoms. The summed E-state index contributed by atoms with van der Waals surface area (Å²) >= 11 is 1.41. The summed E-state index contributed by atoms with van der Waals surface area (Å²) in [7, 11) is 3.11. The average molecular weight is 422 g/mol. The number of carbonyl (C=O) groups is 1. The largest absolute Gasteiger partial charge is 0.497 e. The number of thiazole rings is 1. The van der Waals surface area contributed by atoms with Crippen molar-refractivity contribution in [3.63, 3.8) is 0 Å². The molecular formula is C22H18N2O5S. The molecule has 0 saturated heterocycles. The van der Waals surface area contributed by atoms with E-state index >= 15 is 0 Å². The van der Waals surface area contributed by atoms with Gasteiger partial charge in [-0.1, -0.05) is 23.5 Å². The maximum absolute atomic E-state index is 12.5. The predicted molar refractivity (Wildman–Crippen MR) is 115 cm³/mol. The molecule has 2 aromatic heterocycles. The summed E-state index contributed by atoms with van der Waals surface area (Å²) in [6, 6.07) is 14.3. The molecule has 4 rings (SSSR count). The molecule has 2 aromatic carbocycles. The molecule has 0 aliphatic rings. The van der Waals surface area contributed by atoms with Gasteiger partial charge in [0.25, 0.3) is 5.56 Å². The molecule has 0 atom stereocenters. The van der Waals surface area contributed by atoms with Crippen LogP contribution in [-0.4, -0.2) is 29.6 Å². The van der Waals surface area contributed by atoms with Crippen LogP contribution in [0.4, 0.5) is 0 Å². The van der Waals surface area contributed by atoms with Gasteiger partial charge in [0.1, 0.15) is 18.1 Å². The van der Waals surface area contributed by atoms with Gasteiger partial charge in [-0.2, -0.15) is 0 Å². The van der Waals surface area contributed by atoms with Gasteiger partial charge in [-0.05, 0) is 30.3 Å². The normalized spacial score (nSPS) is 11.3. The minimum Gasteiger partial charge on any atom is -0.497 e. The molecule has 30 heavy (non-hydrogen) atoms. The van der Waals surface area contributed by atoms with Crippen LogP contribution in [0, 0.1) is 0 Å². The lowest BCUT2D eigenvalue weighted by Gasteiger charge is -2.07. The van der Waals surface area contributed by atoms with Crippen LogP contribution >= 0.6 is 11.3 Å². The van der Waals surface area contributed by atoms with Gasteiger partial charge < -0.3 is 14.2 Å². The Labute approximate surface area is 175 Å². The third-order valence-electron chi connectivity index (χ3n) is 4.45. The second kappa shape index (κ2) is 8.38. The van der Waals surface area contributed by atoms with Gasteiger partial charge in [0.2, 0.25) is 0 Å². The highest BCUT2D eigenvalue weighted by Crippen LogP contribution is 2.26. The van der Waals surface area contributed by atoms with Crippen molar-refractivity contribution in [3.8, 4) is 11.5 Å². The number of ether oxygens (including phenoxy) is 3. The van der Waals surface area contributed by atoms with Crippen molar-refractivity contribution in [2.75, 3.05) is 14.2 Å². The number of esters is 1. The Kier molecular flexibility index (Phi) is 5.49. The molecule has 0 unspecified atom stereocenters. The highest BCUT2D eigenvalue weighted by Gasteiger charge is 2.10. The number of hydrogen-bond donors (Lipinski definition) is 0. The van der Waals surface area contributed by atoms with E-state index < -0.39 is 5.97 Å². The molecule has 0 spiro atoms. The zero-order valence-electron chi connectivity index (χ0n) is 16.3. The zero-order chi connectivity index (χ0) is 21.1. The van der Waals surface area contributed by atoms with Crippen LogP contribution in [0.2, 0.25) is 0 Å². The standard InChI is InChI=1S/C22H18N2O5S/c1-27-16-9-7-14(18(12-16)28-2)8-10-21(26)29-13-15-11-20(25)24-17-5-3-4-6-19(17)30-22(24)23-15/h3-12H,13H2,1-2H3/b10-8+. The van der Waals surface area contributed by atoms with Crippen LogP contribution in [0.15, 0.2) is 59.4 Å². The second-order valence-corrected chi connectivity index (χ2v) is 7.33. The van der Waals surface area contributed by atoms with Gasteiger partial charge in [0, 0.05) is 23.8 Å². The quantitative estimate of drug-likeness (QED) is 0.348. The van der Waals surface area contributed by atoms with E-state index in [4.69, 9.17) is 14.2 Å². The van der Waals surface area contributed by atoms with Crippen LogP contribution in [-0.2, 0) is 16.1 Å². The summed E-state index contributed by atoms with van der Waals surface area (Å²) in [5.41, 5.74) is 1.71. The van der Waals surface area contributed by atoms with E-state index in [2.05, 4.69) is 4.98 Å². The van der Waals surface area contributed by atoms with Crippen molar-refractivity contribution >= 4 is 38.6 Å². The summed E-state index contributed by atoms with van der Waals surface area (Å²) in [4.78, 5) is 29.6. The van der Waals surface area contributed by atoms with Gasteiger partial charge >= 0.3 is 5.97 Å². The van der Waals surface area contributed by atoms with Crippen LogP contribution in [0.3, 0.4) is 0 Å². The van der Waals surface area contributed by atoms with E-state index in [1.54, 1.807) is 42.9 Å². The predicted octanol–water partition coefficient (Wildman–Crippen LogP) is 3.68. The number of fused-ring (bicyclic) bond motifs is 3. The van der Waals surface area contributed by atoms with E-state index in [9.17, 15) is 9.59 Å². The van der Waals surface area contributed by atoms with E-state index in [1.165, 1.54) is 23.5 Å². The fraction of sp³-hybridized carbons (Fsp3) is 0.136. The van der Waals surface area contributed by atoms with Crippen molar-refractivity contribution in [1.82, 2.24) is 9.38 Å². The monoisotopic (exact) mass is 422 g/mol. The van der Waals surface area contributed by atoms with E-state index in [0.29, 0.717) is 27.7 Å². The molecule has 8 heteroatoms. The highest BCUT2D eigenvalue weighted by molar-refractivity contribution is 7.23. The van der Waals surface area contributed by atoms with Gasteiger partial charge in [0.05, 0.1) is 30.1 Å². The smallest absolute Gasteiger partial charge is 0.331 e. The van der Waals surface area contributed by atoms with Crippen LogP contribution < -0.4 is 15.0 Å². The topological polar surface area (TPSA) is 79.1 Å². The first-order chi connectivity index (χ1) is 14.6. The van der Waals surface area contributed by atoms with Crippen molar-refractivity contribution < 1.29 is 19.0 Å². The van der Waals surface area contributed by atoms with E-state index in [0.717, 1.165) is 10.2 Å². The molecule has 4 aromatic rings. The number of hydrogen-bond acceptors (Lipinski definition) is 7. The second-order valence-electron chi connectivity index (χ2n) is 6.32. The number of carbonyl (C=O) groups excluding carboxylic acids is 1. The summed E-state index contributed by atoms with van der Waals surface area (Å²) in [5.74, 6) is 0.676. The summed E-state index contributed by atoms with van der Waals surface area (Å²) in [5, 5.41) is 0. The Balaban J connectivity index is 1.49. The Morgan fingerprint density at radius 3 is 2.77 bits per heavy atom. The number of methoxy groups -OCH3 is 2. The van der Waals surface area contributed by atoms with Crippen LogP contribution in [0.25, 0.3) is 21.3 Å². The van der Waals surface area contributed by atoms with E-state index in [1.807, 2.05) is 24.3 Å². The summed E-state index contributed by atoms with van der Waals surface area (Å²) < 4.78 is 18.2. The lowest BCUT2D eigenvalue weighted by atomic mass is 10.2. The molecular weight excluding hydrogens is 404 g/mol. The molecule has 0 N–H and O–H groups in total. The third kappa shape index (κ3) is 3.90. The molecule has 0 fully saturated rings. The minimum atomic E-state index is -0.550. The Morgan fingerprint density at radius 1 is 1.13 bits per heavy atom. The van der Waals surface area contributed by atoms with Gasteiger partial charge in [-0.15, -0.1) is 0 Å². The van der Waals surface area contributed by atoms with Gasteiger partial charge in [-0.25, -0.2) is 9.78 Å². The molecule has 2 heterocycles. The maximum Gasteiger partial charge on any atom is 0.331 e. The van der Waals surface area contributed by atoms with Crippen molar-refractivity contribution in [2.45, 2.75) is 6.61 Å². The number of aromatic nitrogens is 2. The summed E-state index contributed by atoms with van der Waals surface area (Å²) in [6.45, 7) is -0.0943. The zero-order valence-corrected chi connectivity index (χ0v) is 17.1. The van der Waals surface area contributed by atoms with E-state index in [-0.39, 0.29) is 12.2 Å². The number of nitrogens with zero attached hydrogens (tertiary/aromatic N) is 2. The molecule has 7 nitrogen and oxygen atoms in total.